The number of imidazole rings is 1. The quantitative estimate of drug-likeness (QED) is 0.918. The van der Waals surface area contributed by atoms with E-state index < -0.39 is 42.8 Å². The van der Waals surface area contributed by atoms with Gasteiger partial charge in [0, 0.05) is 7.04 Å². The van der Waals surface area contributed by atoms with Gasteiger partial charge in [0.05, 0.1) is 20.0 Å². The molecule has 2 heterocycles. The lowest BCUT2D eigenvalue weighted by Crippen LogP contribution is -2.10. The number of nitrogens with zero attached hydrogens (tertiary/aromatic N) is 3. The molecule has 1 N–H and O–H groups in total. The van der Waals surface area contributed by atoms with Crippen LogP contribution in [0.25, 0.3) is 4.96 Å². The van der Waals surface area contributed by atoms with E-state index in [1.165, 1.54) is 0 Å². The SMILES string of the molecule is [2H]C([2H])([2H])OC([2H])([2H])c1nn2c(CO)c(C(F)(F)F)nc2s1. The minimum absolute atomic E-state index is 0.343. The summed E-state index contributed by atoms with van der Waals surface area (Å²) < 4.78 is 78.6. The number of aliphatic hydroxyl groups is 1. The first-order valence-corrected chi connectivity index (χ1v) is 4.94. The highest BCUT2D eigenvalue weighted by Crippen LogP contribution is 2.33. The zero-order chi connectivity index (χ0) is 16.9. The Hall–Kier alpha value is -1.19. The Morgan fingerprint density at radius 3 is 3.00 bits per heavy atom. The van der Waals surface area contributed by atoms with Gasteiger partial charge in [-0.3, -0.25) is 0 Å². The Labute approximate surface area is 104 Å². The first kappa shape index (κ1) is 7.29. The average molecular weight is 272 g/mol. The van der Waals surface area contributed by atoms with Crippen molar-refractivity contribution < 1.29 is 29.9 Å². The molecule has 17 heavy (non-hydrogen) atoms. The van der Waals surface area contributed by atoms with Gasteiger partial charge >= 0.3 is 6.18 Å². The van der Waals surface area contributed by atoms with Crippen LogP contribution < -0.4 is 0 Å². The number of ether oxygens (including phenoxy) is 1. The summed E-state index contributed by atoms with van der Waals surface area (Å²) in [5.74, 6) is 0. The van der Waals surface area contributed by atoms with E-state index in [4.69, 9.17) is 12.0 Å². The summed E-state index contributed by atoms with van der Waals surface area (Å²) in [6.45, 7) is -3.87. The molecule has 94 valence electrons. The van der Waals surface area contributed by atoms with Crippen molar-refractivity contribution in [2.45, 2.75) is 19.3 Å². The molecule has 5 nitrogen and oxygen atoms in total. The summed E-state index contributed by atoms with van der Waals surface area (Å²) in [4.78, 5) is 2.91. The number of halogens is 3. The van der Waals surface area contributed by atoms with Crippen molar-refractivity contribution in [1.29, 1.82) is 0 Å². The summed E-state index contributed by atoms with van der Waals surface area (Å²) in [5, 5.41) is 12.1. The Kier molecular flexibility index (Phi) is 1.82. The van der Waals surface area contributed by atoms with Crippen LogP contribution in [0.4, 0.5) is 13.2 Å². The van der Waals surface area contributed by atoms with Crippen LogP contribution in [0, 0.1) is 0 Å². The third kappa shape index (κ3) is 2.13. The maximum atomic E-state index is 12.7. The van der Waals surface area contributed by atoms with E-state index in [1.807, 2.05) is 0 Å². The van der Waals surface area contributed by atoms with E-state index in [2.05, 4.69) is 14.8 Å². The number of hydrogen-bond acceptors (Lipinski definition) is 5. The van der Waals surface area contributed by atoms with Crippen LogP contribution in [0.5, 0.6) is 0 Å². The minimum atomic E-state index is -4.81. The molecule has 0 fully saturated rings. The second kappa shape index (κ2) is 4.24. The van der Waals surface area contributed by atoms with E-state index >= 15 is 0 Å². The van der Waals surface area contributed by atoms with Gasteiger partial charge in [0.2, 0.25) is 4.96 Å². The smallest absolute Gasteiger partial charge is 0.390 e. The lowest BCUT2D eigenvalue weighted by molar-refractivity contribution is -0.142. The maximum absolute atomic E-state index is 12.7. The second-order valence-corrected chi connectivity index (χ2v) is 3.82. The average Bonchev–Trinajstić information content (AvgIpc) is 2.80. The Bertz CT molecular complexity index is 696. The number of rotatable bonds is 3. The van der Waals surface area contributed by atoms with Gasteiger partial charge in [0.1, 0.15) is 10.7 Å². The van der Waals surface area contributed by atoms with E-state index in [0.717, 1.165) is 0 Å². The Morgan fingerprint density at radius 2 is 2.41 bits per heavy atom. The third-order valence-corrected chi connectivity index (χ3v) is 2.66. The summed E-state index contributed by atoms with van der Waals surface area (Å²) in [6, 6.07) is 0. The summed E-state index contributed by atoms with van der Waals surface area (Å²) in [7, 11) is -3.06. The monoisotopic (exact) mass is 272 g/mol. The van der Waals surface area contributed by atoms with Crippen molar-refractivity contribution >= 4 is 16.3 Å². The summed E-state index contributed by atoms with van der Waals surface area (Å²) in [6.07, 6.45) is -4.81. The summed E-state index contributed by atoms with van der Waals surface area (Å²) in [5.41, 5.74) is -2.01. The molecule has 0 aliphatic rings. The van der Waals surface area contributed by atoms with Crippen molar-refractivity contribution in [1.82, 2.24) is 14.6 Å². The van der Waals surface area contributed by atoms with Gasteiger partial charge in [-0.1, -0.05) is 11.3 Å². The van der Waals surface area contributed by atoms with Gasteiger partial charge in [-0.15, -0.1) is 0 Å². The fourth-order valence-electron chi connectivity index (χ4n) is 1.24. The van der Waals surface area contributed by atoms with Crippen LogP contribution in [0.3, 0.4) is 0 Å². The lowest BCUT2D eigenvalue weighted by atomic mass is 10.3. The Balaban J connectivity index is 2.51. The molecule has 0 saturated heterocycles. The topological polar surface area (TPSA) is 59.7 Å². The molecule has 0 atom stereocenters. The minimum Gasteiger partial charge on any atom is -0.390 e. The molecule has 0 aliphatic carbocycles. The molecule has 2 aromatic heterocycles. The first-order valence-electron chi connectivity index (χ1n) is 6.62. The van der Waals surface area contributed by atoms with E-state index in [1.54, 1.807) is 0 Å². The normalized spacial score (nSPS) is 18.5. The zero-order valence-electron chi connectivity index (χ0n) is 12.9. The lowest BCUT2D eigenvalue weighted by Gasteiger charge is -2.04. The molecule has 0 saturated carbocycles. The van der Waals surface area contributed by atoms with Crippen LogP contribution >= 0.6 is 11.3 Å². The van der Waals surface area contributed by atoms with Crippen LogP contribution in [0.1, 0.15) is 23.2 Å². The number of alkyl halides is 3. The predicted octanol–water partition coefficient (Wildman–Crippen LogP) is 1.45. The molecule has 0 bridgehead atoms. The molecule has 0 amide bonds. The van der Waals surface area contributed by atoms with Gasteiger partial charge in [0.25, 0.3) is 0 Å². The number of hydrogen-bond donors (Lipinski definition) is 1. The van der Waals surface area contributed by atoms with Gasteiger partial charge in [-0.25, -0.2) is 9.50 Å². The second-order valence-electron chi connectivity index (χ2n) is 2.87. The van der Waals surface area contributed by atoms with Gasteiger partial charge in [-0.2, -0.15) is 18.3 Å². The van der Waals surface area contributed by atoms with Crippen LogP contribution in [0.15, 0.2) is 0 Å². The number of methoxy groups -OCH3 is 1. The van der Waals surface area contributed by atoms with E-state index in [9.17, 15) is 13.2 Å². The molecule has 0 spiro atoms. The first-order chi connectivity index (χ1) is 9.85. The highest BCUT2D eigenvalue weighted by Gasteiger charge is 2.38. The Morgan fingerprint density at radius 1 is 1.65 bits per heavy atom. The fraction of sp³-hybridized carbons (Fsp3) is 0.500. The number of aliphatic hydroxyl groups excluding tert-OH is 1. The van der Waals surface area contributed by atoms with Crippen molar-refractivity contribution in [3.05, 3.63) is 16.4 Å². The van der Waals surface area contributed by atoms with Crippen LogP contribution in [-0.2, 0) is 24.1 Å². The standard InChI is InChI=1S/C8H8F3N3O2S/c1-16-3-5-13-14-4(2-15)6(8(9,10)11)12-7(14)17-5/h15H,2-3H2,1H3/i1D3,3D2. The molecular formula is C8H8F3N3O2S. The predicted molar refractivity (Wildman–Crippen MR) is 52.5 cm³/mol. The molecule has 0 aromatic carbocycles. The maximum Gasteiger partial charge on any atom is 0.435 e. The third-order valence-electron chi connectivity index (χ3n) is 1.85. The van der Waals surface area contributed by atoms with Crippen molar-refractivity contribution in [2.24, 2.45) is 0 Å². The highest BCUT2D eigenvalue weighted by molar-refractivity contribution is 7.16. The van der Waals surface area contributed by atoms with E-state index in [0.29, 0.717) is 15.9 Å². The molecule has 2 aromatic rings. The van der Waals surface area contributed by atoms with Gasteiger partial charge < -0.3 is 9.84 Å². The largest absolute Gasteiger partial charge is 0.435 e. The molecule has 2 rings (SSSR count). The molecule has 0 unspecified atom stereocenters. The molecule has 0 aliphatic heterocycles. The van der Waals surface area contributed by atoms with Crippen molar-refractivity contribution in [3.63, 3.8) is 0 Å². The number of fused-ring (bicyclic) bond motifs is 1. The fourth-order valence-corrected chi connectivity index (χ4v) is 2.00. The van der Waals surface area contributed by atoms with Crippen molar-refractivity contribution in [2.75, 3.05) is 7.04 Å². The van der Waals surface area contributed by atoms with Crippen LogP contribution in [0.2, 0.25) is 0 Å². The van der Waals surface area contributed by atoms with Gasteiger partial charge in [0.15, 0.2) is 5.69 Å². The highest BCUT2D eigenvalue weighted by atomic mass is 32.1. The van der Waals surface area contributed by atoms with E-state index in [-0.39, 0.29) is 4.96 Å². The van der Waals surface area contributed by atoms with Crippen LogP contribution in [-0.4, -0.2) is 26.7 Å². The molecular weight excluding hydrogens is 259 g/mol. The number of aromatic nitrogens is 3. The molecule has 0 radical (unpaired) electrons. The van der Waals surface area contributed by atoms with Crippen molar-refractivity contribution in [3.8, 4) is 0 Å². The zero-order valence-corrected chi connectivity index (χ0v) is 8.76. The molecule has 9 heteroatoms. The summed E-state index contributed by atoms with van der Waals surface area (Å²) >= 11 is 0.391. The van der Waals surface area contributed by atoms with Gasteiger partial charge in [-0.05, 0) is 0 Å².